The van der Waals surface area contributed by atoms with Crippen LogP contribution >= 0.6 is 55.4 Å². The molecule has 2 N–H and O–H groups in total. The van der Waals surface area contributed by atoms with Crippen molar-refractivity contribution < 1.29 is 14.3 Å². The van der Waals surface area contributed by atoms with Gasteiger partial charge in [0, 0.05) is 10.0 Å². The third kappa shape index (κ3) is 5.19. The second-order valence-corrected chi connectivity index (χ2v) is 9.99. The number of amides is 1. The van der Waals surface area contributed by atoms with E-state index in [0.29, 0.717) is 27.2 Å². The van der Waals surface area contributed by atoms with E-state index in [1.807, 2.05) is 42.5 Å². The molecule has 0 aliphatic rings. The van der Waals surface area contributed by atoms with Gasteiger partial charge in [-0.05, 0) is 70.6 Å². The van der Waals surface area contributed by atoms with Gasteiger partial charge in [0.05, 0.1) is 40.2 Å². The van der Waals surface area contributed by atoms with E-state index in [2.05, 4.69) is 42.5 Å². The van der Waals surface area contributed by atoms with Crippen molar-refractivity contribution in [1.29, 1.82) is 0 Å². The Hall–Kier alpha value is -2.53. The van der Waals surface area contributed by atoms with Gasteiger partial charge in [0.25, 0.3) is 5.91 Å². The first-order valence-corrected chi connectivity index (χ1v) is 12.4. The number of aromatic nitrogens is 1. The molecular formula is C23H17Br2N3O3S2. The topological polar surface area (TPSA) is 72.5 Å². The van der Waals surface area contributed by atoms with Crippen molar-refractivity contribution in [2.24, 2.45) is 0 Å². The Morgan fingerprint density at radius 1 is 1.06 bits per heavy atom. The number of halogens is 2. The van der Waals surface area contributed by atoms with E-state index in [9.17, 15) is 4.79 Å². The maximum absolute atomic E-state index is 12.9. The minimum atomic E-state index is -0.410. The van der Waals surface area contributed by atoms with E-state index in [4.69, 9.17) is 26.7 Å². The number of hydrogen-bond donors (Lipinski definition) is 2. The van der Waals surface area contributed by atoms with Crippen molar-refractivity contribution in [3.8, 4) is 22.1 Å². The van der Waals surface area contributed by atoms with Crippen LogP contribution in [0.15, 0.2) is 63.5 Å². The molecule has 1 amide bonds. The second kappa shape index (κ2) is 10.2. The van der Waals surface area contributed by atoms with Crippen LogP contribution in [0.4, 0.5) is 5.69 Å². The molecule has 0 saturated heterocycles. The van der Waals surface area contributed by atoms with Crippen molar-refractivity contribution in [3.63, 3.8) is 0 Å². The largest absolute Gasteiger partial charge is 0.495 e. The number of anilines is 1. The maximum Gasteiger partial charge on any atom is 0.261 e. The first-order valence-electron chi connectivity index (χ1n) is 9.59. The number of methoxy groups -OCH3 is 2. The zero-order valence-corrected chi connectivity index (χ0v) is 22.2. The lowest BCUT2D eigenvalue weighted by Gasteiger charge is -2.15. The predicted octanol–water partition coefficient (Wildman–Crippen LogP) is 6.63. The molecule has 10 heteroatoms. The molecular weight excluding hydrogens is 590 g/mol. The molecule has 1 aromatic heterocycles. The smallest absolute Gasteiger partial charge is 0.261 e. The molecule has 6 nitrogen and oxygen atoms in total. The Bertz CT molecular complexity index is 1340. The first-order chi connectivity index (χ1) is 15.9. The van der Waals surface area contributed by atoms with E-state index in [0.717, 1.165) is 25.3 Å². The summed E-state index contributed by atoms with van der Waals surface area (Å²) in [6.45, 7) is 0. The van der Waals surface area contributed by atoms with Gasteiger partial charge in [-0.1, -0.05) is 28.1 Å². The number of benzene rings is 3. The highest BCUT2D eigenvalue weighted by molar-refractivity contribution is 9.11. The number of thiocarbonyl (C=S) groups is 1. The maximum atomic E-state index is 12.9. The number of hydrogen-bond acceptors (Lipinski definition) is 6. The van der Waals surface area contributed by atoms with E-state index >= 15 is 0 Å². The molecule has 1 heterocycles. The molecule has 0 atom stereocenters. The summed E-state index contributed by atoms with van der Waals surface area (Å²) in [5.74, 6) is 0.584. The number of carbonyl (C=O) groups excluding carboxylic acids is 1. The summed E-state index contributed by atoms with van der Waals surface area (Å²) >= 11 is 13.8. The van der Waals surface area contributed by atoms with Crippen molar-refractivity contribution >= 4 is 82.3 Å². The molecule has 33 heavy (non-hydrogen) atoms. The average molecular weight is 607 g/mol. The minimum absolute atomic E-state index is 0.123. The highest BCUT2D eigenvalue weighted by atomic mass is 79.9. The Morgan fingerprint density at radius 2 is 1.85 bits per heavy atom. The summed E-state index contributed by atoms with van der Waals surface area (Å²) in [4.78, 5) is 17.6. The van der Waals surface area contributed by atoms with E-state index in [-0.39, 0.29) is 5.11 Å². The fourth-order valence-electron chi connectivity index (χ4n) is 3.19. The molecule has 0 spiro atoms. The molecule has 0 fully saturated rings. The summed E-state index contributed by atoms with van der Waals surface area (Å²) in [7, 11) is 3.07. The van der Waals surface area contributed by atoms with E-state index < -0.39 is 5.91 Å². The summed E-state index contributed by atoms with van der Waals surface area (Å²) in [5.41, 5.74) is 2.80. The van der Waals surface area contributed by atoms with Gasteiger partial charge >= 0.3 is 0 Å². The molecule has 168 valence electrons. The molecule has 0 saturated carbocycles. The number of nitrogens with one attached hydrogen (secondary N) is 2. The molecule has 0 bridgehead atoms. The number of fused-ring (bicyclic) bond motifs is 1. The van der Waals surface area contributed by atoms with Crippen LogP contribution in [0.5, 0.6) is 11.5 Å². The Labute approximate surface area is 216 Å². The lowest BCUT2D eigenvalue weighted by atomic mass is 10.2. The van der Waals surface area contributed by atoms with E-state index in [1.165, 1.54) is 7.11 Å². The van der Waals surface area contributed by atoms with Crippen LogP contribution < -0.4 is 20.1 Å². The third-order valence-corrected chi connectivity index (χ3v) is 7.01. The fraction of sp³-hybridized carbons (Fsp3) is 0.0870. The van der Waals surface area contributed by atoms with Crippen molar-refractivity contribution in [1.82, 2.24) is 10.3 Å². The Kier molecular flexibility index (Phi) is 7.28. The molecule has 4 aromatic rings. The monoisotopic (exact) mass is 605 g/mol. The van der Waals surface area contributed by atoms with Gasteiger partial charge in [0.2, 0.25) is 0 Å². The lowest BCUT2D eigenvalue weighted by Crippen LogP contribution is -2.34. The number of ether oxygens (including phenoxy) is 2. The summed E-state index contributed by atoms with van der Waals surface area (Å²) < 4.78 is 13.3. The number of para-hydroxylation sites is 1. The van der Waals surface area contributed by atoms with Gasteiger partial charge < -0.3 is 14.8 Å². The normalized spacial score (nSPS) is 10.7. The molecule has 4 rings (SSSR count). The van der Waals surface area contributed by atoms with Gasteiger partial charge in [-0.25, -0.2) is 4.98 Å². The molecule has 0 aliphatic heterocycles. The summed E-state index contributed by atoms with van der Waals surface area (Å²) in [6.07, 6.45) is 0. The van der Waals surface area contributed by atoms with Gasteiger partial charge in [-0.3, -0.25) is 10.1 Å². The number of nitrogens with zero attached hydrogens (tertiary/aromatic N) is 1. The van der Waals surface area contributed by atoms with Crippen LogP contribution in [0.3, 0.4) is 0 Å². The van der Waals surface area contributed by atoms with Crippen LogP contribution in [0.2, 0.25) is 0 Å². The van der Waals surface area contributed by atoms with Crippen molar-refractivity contribution in [2.75, 3.05) is 19.5 Å². The van der Waals surface area contributed by atoms with Crippen molar-refractivity contribution in [2.45, 2.75) is 0 Å². The second-order valence-electron chi connectivity index (χ2n) is 6.78. The predicted molar refractivity (Wildman–Crippen MR) is 144 cm³/mol. The van der Waals surface area contributed by atoms with Gasteiger partial charge in [-0.2, -0.15) is 0 Å². The first kappa shape index (κ1) is 23.6. The standard InChI is InChI=1S/C23H17Br2N3O3S2/c1-30-18-8-7-12(22-26-16-5-3-4-6-19(16)33-22)9-17(18)27-23(32)28-21(29)14-10-13(24)11-15(25)20(14)31-2/h3-11H,1-2H3,(H2,27,28,29,32). The van der Waals surface area contributed by atoms with E-state index in [1.54, 1.807) is 30.6 Å². The van der Waals surface area contributed by atoms with Crippen LogP contribution in [-0.2, 0) is 0 Å². The van der Waals surface area contributed by atoms with Crippen LogP contribution in [0, 0.1) is 0 Å². The van der Waals surface area contributed by atoms with Crippen LogP contribution in [0.1, 0.15) is 10.4 Å². The van der Waals surface area contributed by atoms with Crippen LogP contribution in [0.25, 0.3) is 20.8 Å². The van der Waals surface area contributed by atoms with Gasteiger partial charge in [-0.15, -0.1) is 11.3 Å². The fourth-order valence-corrected chi connectivity index (χ4v) is 5.75. The summed E-state index contributed by atoms with van der Waals surface area (Å²) in [5, 5.41) is 6.76. The molecule has 0 aliphatic carbocycles. The summed E-state index contributed by atoms with van der Waals surface area (Å²) in [6, 6.07) is 17.1. The van der Waals surface area contributed by atoms with Gasteiger partial charge in [0.1, 0.15) is 16.5 Å². The Balaban J connectivity index is 1.57. The number of thiazole rings is 1. The molecule has 0 radical (unpaired) electrons. The Morgan fingerprint density at radius 3 is 2.58 bits per heavy atom. The van der Waals surface area contributed by atoms with Crippen molar-refractivity contribution in [3.05, 3.63) is 69.1 Å². The van der Waals surface area contributed by atoms with Crippen LogP contribution in [-0.4, -0.2) is 30.2 Å². The number of rotatable bonds is 5. The minimum Gasteiger partial charge on any atom is -0.495 e. The highest BCUT2D eigenvalue weighted by Gasteiger charge is 2.18. The number of carbonyl (C=O) groups is 1. The quantitative estimate of drug-likeness (QED) is 0.248. The lowest BCUT2D eigenvalue weighted by molar-refractivity contribution is 0.0974. The highest BCUT2D eigenvalue weighted by Crippen LogP contribution is 2.35. The molecule has 3 aromatic carbocycles. The SMILES string of the molecule is COc1ccc(-c2nc3ccccc3s2)cc1NC(=S)NC(=O)c1cc(Br)cc(Br)c1OC. The van der Waals surface area contributed by atoms with Gasteiger partial charge in [0.15, 0.2) is 5.11 Å². The zero-order valence-electron chi connectivity index (χ0n) is 17.4. The zero-order chi connectivity index (χ0) is 23.5. The molecule has 0 unspecified atom stereocenters. The third-order valence-electron chi connectivity index (χ3n) is 4.67. The average Bonchev–Trinajstić information content (AvgIpc) is 3.23.